The number of nitrogens with one attached hydrogen (secondary N) is 1. The third-order valence-corrected chi connectivity index (χ3v) is 8.47. The Morgan fingerprint density at radius 3 is 2.73 bits per heavy atom. The van der Waals surface area contributed by atoms with Crippen molar-refractivity contribution in [1.29, 1.82) is 0 Å². The van der Waals surface area contributed by atoms with Crippen molar-refractivity contribution in [2.24, 2.45) is 0 Å². The molecule has 0 fully saturated rings. The van der Waals surface area contributed by atoms with E-state index in [9.17, 15) is 13.2 Å². The van der Waals surface area contributed by atoms with Gasteiger partial charge in [0.15, 0.2) is 0 Å². The predicted molar refractivity (Wildman–Crippen MR) is 117 cm³/mol. The second-order valence-corrected chi connectivity index (χ2v) is 10.2. The van der Waals surface area contributed by atoms with Gasteiger partial charge >= 0.3 is 0 Å². The molecule has 7 nitrogen and oxygen atoms in total. The van der Waals surface area contributed by atoms with Crippen molar-refractivity contribution in [3.8, 4) is 0 Å². The molecule has 0 saturated carbocycles. The highest BCUT2D eigenvalue weighted by Gasteiger charge is 2.35. The van der Waals surface area contributed by atoms with E-state index in [0.29, 0.717) is 30.0 Å². The van der Waals surface area contributed by atoms with Crippen LogP contribution >= 0.6 is 11.3 Å². The summed E-state index contributed by atoms with van der Waals surface area (Å²) in [5.74, 6) is -0.211. The minimum absolute atomic E-state index is 0.0332. The zero-order valence-corrected chi connectivity index (χ0v) is 18.8. The number of rotatable bonds is 6. The lowest BCUT2D eigenvalue weighted by Gasteiger charge is -2.20. The normalized spacial score (nSPS) is 14.6. The maximum atomic E-state index is 13.4. The molecule has 1 aromatic carbocycles. The number of thiophene rings is 1. The molecule has 0 aliphatic carbocycles. The van der Waals surface area contributed by atoms with E-state index in [0.717, 1.165) is 10.4 Å². The van der Waals surface area contributed by atoms with E-state index in [2.05, 4.69) is 10.4 Å². The SMILES string of the molecule is Cc1nn(CC(=O)NC(C)c2cccs2)c(C)c1S(=O)(=O)N1CCc2ccccc21. The Hall–Kier alpha value is -2.65. The number of fused-ring (bicyclic) bond motifs is 1. The molecule has 3 heterocycles. The van der Waals surface area contributed by atoms with Crippen LogP contribution in [-0.2, 0) is 27.8 Å². The number of carbonyl (C=O) groups excluding carboxylic acids is 1. The first-order valence-corrected chi connectivity index (χ1v) is 12.1. The third kappa shape index (κ3) is 3.63. The minimum Gasteiger partial charge on any atom is -0.347 e. The Morgan fingerprint density at radius 2 is 2.00 bits per heavy atom. The fraction of sp³-hybridized carbons (Fsp3) is 0.333. The number of para-hydroxylation sites is 1. The van der Waals surface area contributed by atoms with E-state index in [1.54, 1.807) is 25.2 Å². The molecule has 3 aromatic rings. The summed E-state index contributed by atoms with van der Waals surface area (Å²) in [6.45, 7) is 5.67. The lowest BCUT2D eigenvalue weighted by molar-refractivity contribution is -0.122. The van der Waals surface area contributed by atoms with Crippen LogP contribution in [0.25, 0.3) is 0 Å². The molecule has 9 heteroatoms. The van der Waals surface area contributed by atoms with E-state index in [1.807, 2.05) is 48.7 Å². The number of carbonyl (C=O) groups is 1. The lowest BCUT2D eigenvalue weighted by atomic mass is 10.2. The summed E-state index contributed by atoms with van der Waals surface area (Å²) in [5.41, 5.74) is 2.60. The summed E-state index contributed by atoms with van der Waals surface area (Å²) in [5, 5.41) is 9.28. The Bertz CT molecular complexity index is 1180. The van der Waals surface area contributed by atoms with Gasteiger partial charge in [0, 0.05) is 11.4 Å². The molecule has 1 amide bonds. The van der Waals surface area contributed by atoms with Crippen LogP contribution in [0.4, 0.5) is 5.69 Å². The maximum absolute atomic E-state index is 13.4. The first kappa shape index (κ1) is 20.6. The average molecular weight is 445 g/mol. The smallest absolute Gasteiger partial charge is 0.268 e. The number of nitrogens with zero attached hydrogens (tertiary/aromatic N) is 3. The number of hydrogen-bond donors (Lipinski definition) is 1. The van der Waals surface area contributed by atoms with Gasteiger partial charge in [0.1, 0.15) is 11.4 Å². The average Bonchev–Trinajstić information content (AvgIpc) is 3.41. The van der Waals surface area contributed by atoms with E-state index < -0.39 is 10.0 Å². The van der Waals surface area contributed by atoms with Gasteiger partial charge in [-0.2, -0.15) is 5.10 Å². The Morgan fingerprint density at radius 1 is 1.23 bits per heavy atom. The van der Waals surface area contributed by atoms with Crippen LogP contribution in [0.5, 0.6) is 0 Å². The topological polar surface area (TPSA) is 84.3 Å². The Labute approximate surface area is 180 Å². The van der Waals surface area contributed by atoms with E-state index in [4.69, 9.17) is 0 Å². The van der Waals surface area contributed by atoms with Crippen LogP contribution in [0, 0.1) is 13.8 Å². The molecule has 0 radical (unpaired) electrons. The molecule has 30 heavy (non-hydrogen) atoms. The highest BCUT2D eigenvalue weighted by atomic mass is 32.2. The van der Waals surface area contributed by atoms with E-state index >= 15 is 0 Å². The second kappa shape index (κ2) is 7.88. The van der Waals surface area contributed by atoms with Gasteiger partial charge in [-0.15, -0.1) is 11.3 Å². The van der Waals surface area contributed by atoms with Crippen LogP contribution < -0.4 is 9.62 Å². The summed E-state index contributed by atoms with van der Waals surface area (Å²) in [6.07, 6.45) is 0.685. The molecule has 1 atom stereocenters. The van der Waals surface area contributed by atoms with Crippen LogP contribution in [-0.4, -0.2) is 30.7 Å². The molecule has 0 spiro atoms. The summed E-state index contributed by atoms with van der Waals surface area (Å²) in [6, 6.07) is 11.3. The van der Waals surface area contributed by atoms with Crippen LogP contribution in [0.15, 0.2) is 46.7 Å². The number of hydrogen-bond acceptors (Lipinski definition) is 5. The van der Waals surface area contributed by atoms with Crippen LogP contribution in [0.2, 0.25) is 0 Å². The monoisotopic (exact) mass is 444 g/mol. The largest absolute Gasteiger partial charge is 0.347 e. The molecule has 0 bridgehead atoms. The molecule has 1 aliphatic heterocycles. The zero-order valence-electron chi connectivity index (χ0n) is 17.1. The maximum Gasteiger partial charge on any atom is 0.268 e. The number of benzene rings is 1. The number of aromatic nitrogens is 2. The van der Waals surface area contributed by atoms with Gasteiger partial charge in [-0.1, -0.05) is 24.3 Å². The van der Waals surface area contributed by atoms with Crippen molar-refractivity contribution in [2.75, 3.05) is 10.8 Å². The molecule has 4 rings (SSSR count). The quantitative estimate of drug-likeness (QED) is 0.633. The zero-order chi connectivity index (χ0) is 21.5. The van der Waals surface area contributed by atoms with Gasteiger partial charge in [-0.05, 0) is 50.3 Å². The van der Waals surface area contributed by atoms with Crippen molar-refractivity contribution >= 4 is 33.0 Å². The minimum atomic E-state index is -3.77. The van der Waals surface area contributed by atoms with E-state index in [1.165, 1.54) is 8.99 Å². The second-order valence-electron chi connectivity index (χ2n) is 7.42. The summed E-state index contributed by atoms with van der Waals surface area (Å²) < 4.78 is 29.8. The fourth-order valence-electron chi connectivity index (χ4n) is 3.91. The summed E-state index contributed by atoms with van der Waals surface area (Å²) >= 11 is 1.58. The first-order valence-electron chi connectivity index (χ1n) is 9.76. The Kier molecular flexibility index (Phi) is 5.42. The lowest BCUT2D eigenvalue weighted by Crippen LogP contribution is -2.31. The van der Waals surface area contributed by atoms with E-state index in [-0.39, 0.29) is 23.4 Å². The van der Waals surface area contributed by atoms with Crippen molar-refractivity contribution in [3.05, 3.63) is 63.6 Å². The fourth-order valence-corrected chi connectivity index (χ4v) is 6.52. The number of aryl methyl sites for hydroxylation is 1. The summed E-state index contributed by atoms with van der Waals surface area (Å²) in [4.78, 5) is 13.8. The molecule has 158 valence electrons. The van der Waals surface area contributed by atoms with Crippen molar-refractivity contribution in [1.82, 2.24) is 15.1 Å². The van der Waals surface area contributed by atoms with Crippen LogP contribution in [0.1, 0.15) is 34.8 Å². The van der Waals surface area contributed by atoms with Crippen LogP contribution in [0.3, 0.4) is 0 Å². The van der Waals surface area contributed by atoms with Crippen molar-refractivity contribution in [2.45, 2.75) is 44.7 Å². The Balaban J connectivity index is 1.57. The van der Waals surface area contributed by atoms with Gasteiger partial charge in [-0.3, -0.25) is 13.8 Å². The molecule has 1 aliphatic rings. The van der Waals surface area contributed by atoms with Gasteiger partial charge in [-0.25, -0.2) is 8.42 Å². The van der Waals surface area contributed by atoms with Gasteiger partial charge in [0.2, 0.25) is 5.91 Å². The number of amides is 1. The molecular weight excluding hydrogens is 420 g/mol. The first-order chi connectivity index (χ1) is 14.3. The molecule has 1 N–H and O–H groups in total. The van der Waals surface area contributed by atoms with Gasteiger partial charge in [0.05, 0.1) is 23.1 Å². The van der Waals surface area contributed by atoms with Crippen molar-refractivity contribution < 1.29 is 13.2 Å². The third-order valence-electron chi connectivity index (χ3n) is 5.35. The molecular formula is C21H24N4O3S2. The van der Waals surface area contributed by atoms with Crippen molar-refractivity contribution in [3.63, 3.8) is 0 Å². The molecule has 2 aromatic heterocycles. The predicted octanol–water partition coefficient (Wildman–Crippen LogP) is 3.19. The number of sulfonamides is 1. The standard InChI is InChI=1S/C21H24N4O3S2/c1-14(19-9-6-12-29-19)22-20(26)13-24-16(3)21(15(2)23-24)30(27,28)25-11-10-17-7-4-5-8-18(17)25/h4-9,12,14H,10-11,13H2,1-3H3,(H,22,26). The number of anilines is 1. The highest BCUT2D eigenvalue weighted by Crippen LogP contribution is 2.34. The van der Waals surface area contributed by atoms with Gasteiger partial charge < -0.3 is 5.32 Å². The highest BCUT2D eigenvalue weighted by molar-refractivity contribution is 7.93. The van der Waals surface area contributed by atoms with Gasteiger partial charge in [0.25, 0.3) is 10.0 Å². The molecule has 1 unspecified atom stereocenters. The molecule has 0 saturated heterocycles. The summed E-state index contributed by atoms with van der Waals surface area (Å²) in [7, 11) is -3.77.